The smallest absolute Gasteiger partial charge is 0.254 e. The Bertz CT molecular complexity index is 1050. The van der Waals surface area contributed by atoms with Crippen molar-refractivity contribution in [3.63, 3.8) is 0 Å². The van der Waals surface area contributed by atoms with Crippen molar-refractivity contribution in [3.05, 3.63) is 83.7 Å². The van der Waals surface area contributed by atoms with Crippen molar-refractivity contribution < 1.29 is 9.59 Å². The van der Waals surface area contributed by atoms with E-state index in [9.17, 15) is 9.59 Å². The van der Waals surface area contributed by atoms with E-state index in [4.69, 9.17) is 0 Å². The monoisotopic (exact) mass is 371 g/mol. The van der Waals surface area contributed by atoms with Crippen LogP contribution < -0.4 is 10.6 Å². The van der Waals surface area contributed by atoms with Gasteiger partial charge in [0.15, 0.2) is 0 Å². The van der Waals surface area contributed by atoms with E-state index < -0.39 is 5.54 Å². The molecule has 0 bridgehead atoms. The number of benzene rings is 2. The Morgan fingerprint density at radius 1 is 0.929 bits per heavy atom. The molecule has 3 aromatic rings. The van der Waals surface area contributed by atoms with Gasteiger partial charge < -0.3 is 10.6 Å². The van der Waals surface area contributed by atoms with Gasteiger partial charge in [0.1, 0.15) is 5.54 Å². The average Bonchev–Trinajstić information content (AvgIpc) is 2.78. The number of aromatic nitrogens is 1. The molecule has 28 heavy (non-hydrogen) atoms. The van der Waals surface area contributed by atoms with Gasteiger partial charge in [-0.05, 0) is 54.8 Å². The van der Waals surface area contributed by atoms with Gasteiger partial charge in [-0.2, -0.15) is 0 Å². The molecule has 0 fully saturated rings. The highest BCUT2D eigenvalue weighted by molar-refractivity contribution is 6.11. The summed E-state index contributed by atoms with van der Waals surface area (Å²) >= 11 is 0. The van der Waals surface area contributed by atoms with Crippen LogP contribution in [-0.2, 0) is 11.2 Å². The van der Waals surface area contributed by atoms with Gasteiger partial charge in [-0.1, -0.05) is 35.9 Å². The molecule has 1 aliphatic heterocycles. The minimum atomic E-state index is -1.04. The molecule has 4 rings (SSSR count). The van der Waals surface area contributed by atoms with Gasteiger partial charge in [-0.3, -0.25) is 14.6 Å². The van der Waals surface area contributed by atoms with E-state index in [0.29, 0.717) is 17.7 Å². The van der Waals surface area contributed by atoms with E-state index in [1.807, 2.05) is 49.4 Å². The van der Waals surface area contributed by atoms with Crippen molar-refractivity contribution in [1.29, 1.82) is 0 Å². The molecular weight excluding hydrogens is 350 g/mol. The average molecular weight is 371 g/mol. The van der Waals surface area contributed by atoms with Gasteiger partial charge in [0, 0.05) is 18.8 Å². The van der Waals surface area contributed by atoms with Crippen molar-refractivity contribution in [2.75, 3.05) is 5.32 Å². The molecule has 2 N–H and O–H groups in total. The Morgan fingerprint density at radius 3 is 2.32 bits per heavy atom. The second-order valence-corrected chi connectivity index (χ2v) is 7.40. The van der Waals surface area contributed by atoms with E-state index in [-0.39, 0.29) is 11.8 Å². The van der Waals surface area contributed by atoms with Crippen LogP contribution in [0.1, 0.15) is 28.4 Å². The predicted octanol–water partition coefficient (Wildman–Crippen LogP) is 3.74. The van der Waals surface area contributed by atoms with E-state index in [2.05, 4.69) is 15.6 Å². The van der Waals surface area contributed by atoms with Gasteiger partial charge in [0.05, 0.1) is 11.3 Å². The van der Waals surface area contributed by atoms with E-state index in [1.54, 1.807) is 31.5 Å². The number of carbonyl (C=O) groups excluding carboxylic acids is 2. The molecule has 5 nitrogen and oxygen atoms in total. The molecule has 0 radical (unpaired) electrons. The predicted molar refractivity (Wildman–Crippen MR) is 109 cm³/mol. The molecule has 1 atom stereocenters. The van der Waals surface area contributed by atoms with E-state index in [1.165, 1.54) is 0 Å². The number of nitrogens with one attached hydrogen (secondary N) is 2. The second kappa shape index (κ2) is 6.93. The lowest BCUT2D eigenvalue weighted by Gasteiger charge is -2.27. The fourth-order valence-corrected chi connectivity index (χ4v) is 3.48. The molecule has 1 aliphatic rings. The molecule has 0 unspecified atom stereocenters. The summed E-state index contributed by atoms with van der Waals surface area (Å²) in [5.41, 5.74) is 4.10. The van der Waals surface area contributed by atoms with Gasteiger partial charge >= 0.3 is 0 Å². The Hall–Kier alpha value is -3.47. The first-order valence-electron chi connectivity index (χ1n) is 9.19. The molecule has 0 saturated heterocycles. The zero-order valence-electron chi connectivity index (χ0n) is 15.8. The molecule has 2 heterocycles. The van der Waals surface area contributed by atoms with Crippen molar-refractivity contribution >= 4 is 17.5 Å². The van der Waals surface area contributed by atoms with Crippen LogP contribution >= 0.6 is 0 Å². The van der Waals surface area contributed by atoms with Crippen molar-refractivity contribution in [2.45, 2.75) is 25.8 Å². The number of nitrogens with zero attached hydrogens (tertiary/aromatic N) is 1. The topological polar surface area (TPSA) is 71.1 Å². The van der Waals surface area contributed by atoms with Crippen LogP contribution in [0.4, 0.5) is 5.69 Å². The minimum absolute atomic E-state index is 0.221. The maximum absolute atomic E-state index is 12.9. The number of aryl methyl sites for hydroxylation is 1. The number of carbonyl (C=O) groups is 2. The zero-order valence-corrected chi connectivity index (χ0v) is 15.8. The molecule has 140 valence electrons. The Kier molecular flexibility index (Phi) is 4.43. The van der Waals surface area contributed by atoms with Crippen LogP contribution in [0.5, 0.6) is 0 Å². The number of anilines is 1. The maximum Gasteiger partial charge on any atom is 0.254 e. The van der Waals surface area contributed by atoms with Crippen molar-refractivity contribution in [2.24, 2.45) is 0 Å². The summed E-state index contributed by atoms with van der Waals surface area (Å²) in [7, 11) is 0. The Morgan fingerprint density at radius 2 is 1.61 bits per heavy atom. The maximum atomic E-state index is 12.9. The first-order valence-corrected chi connectivity index (χ1v) is 9.19. The lowest BCUT2D eigenvalue weighted by Crippen LogP contribution is -2.54. The SMILES string of the molecule is Cc1ccc2c(c1)C(=O)N[C@@](C)(Cc1ccc(-c3ccncc3)cc1)C(=O)N2. The third-order valence-corrected chi connectivity index (χ3v) is 5.08. The van der Waals surface area contributed by atoms with Gasteiger partial charge in [0.2, 0.25) is 5.91 Å². The lowest BCUT2D eigenvalue weighted by atomic mass is 9.91. The Labute approximate surface area is 163 Å². The van der Waals surface area contributed by atoms with Crippen molar-refractivity contribution in [3.8, 4) is 11.1 Å². The first-order chi connectivity index (χ1) is 13.4. The second-order valence-electron chi connectivity index (χ2n) is 7.40. The number of hydrogen-bond acceptors (Lipinski definition) is 3. The summed E-state index contributed by atoms with van der Waals surface area (Å²) in [5, 5.41) is 5.82. The normalized spacial score (nSPS) is 18.6. The molecule has 2 aromatic carbocycles. The van der Waals surface area contributed by atoms with Crippen LogP contribution in [0.25, 0.3) is 11.1 Å². The van der Waals surface area contributed by atoms with Gasteiger partial charge in [0.25, 0.3) is 5.91 Å². The summed E-state index contributed by atoms with van der Waals surface area (Å²) in [6.45, 7) is 3.68. The van der Waals surface area contributed by atoms with Crippen LogP contribution in [0.15, 0.2) is 67.0 Å². The Balaban J connectivity index is 1.59. The summed E-state index contributed by atoms with van der Waals surface area (Å²) in [6.07, 6.45) is 3.91. The fraction of sp³-hybridized carbons (Fsp3) is 0.174. The van der Waals surface area contributed by atoms with Gasteiger partial charge in [-0.15, -0.1) is 0 Å². The highest BCUT2D eigenvalue weighted by Crippen LogP contribution is 2.26. The minimum Gasteiger partial charge on any atom is -0.337 e. The molecule has 0 spiro atoms. The quantitative estimate of drug-likeness (QED) is 0.737. The molecule has 0 saturated carbocycles. The largest absolute Gasteiger partial charge is 0.337 e. The summed E-state index contributed by atoms with van der Waals surface area (Å²) < 4.78 is 0. The van der Waals surface area contributed by atoms with Crippen LogP contribution in [-0.4, -0.2) is 22.3 Å². The lowest BCUT2D eigenvalue weighted by molar-refractivity contribution is -0.121. The van der Waals surface area contributed by atoms with Crippen LogP contribution in [0, 0.1) is 6.92 Å². The number of rotatable bonds is 3. The molecule has 1 aromatic heterocycles. The zero-order chi connectivity index (χ0) is 19.7. The summed E-state index contributed by atoms with van der Waals surface area (Å²) in [6, 6.07) is 17.4. The fourth-order valence-electron chi connectivity index (χ4n) is 3.48. The highest BCUT2D eigenvalue weighted by Gasteiger charge is 2.38. The summed E-state index contributed by atoms with van der Waals surface area (Å²) in [5.74, 6) is -0.463. The number of pyridine rings is 1. The highest BCUT2D eigenvalue weighted by atomic mass is 16.2. The van der Waals surface area contributed by atoms with Crippen LogP contribution in [0.2, 0.25) is 0 Å². The number of fused-ring (bicyclic) bond motifs is 1. The van der Waals surface area contributed by atoms with Gasteiger partial charge in [-0.25, -0.2) is 0 Å². The molecule has 2 amide bonds. The van der Waals surface area contributed by atoms with E-state index >= 15 is 0 Å². The van der Waals surface area contributed by atoms with E-state index in [0.717, 1.165) is 22.3 Å². The molecule has 0 aliphatic carbocycles. The van der Waals surface area contributed by atoms with Crippen LogP contribution in [0.3, 0.4) is 0 Å². The number of hydrogen-bond donors (Lipinski definition) is 2. The third-order valence-electron chi connectivity index (χ3n) is 5.08. The standard InChI is InChI=1S/C23H21N3O2/c1-15-3-8-20-19(13-15)21(27)26-23(2,22(28)25-20)14-16-4-6-17(7-5-16)18-9-11-24-12-10-18/h3-13H,14H2,1-2H3,(H,25,28)(H,26,27)/t23-/m0/s1. The first kappa shape index (κ1) is 17.9. The molecular formula is C23H21N3O2. The number of amides is 2. The summed E-state index contributed by atoms with van der Waals surface area (Å²) in [4.78, 5) is 29.7. The third kappa shape index (κ3) is 3.39. The van der Waals surface area contributed by atoms with Crippen molar-refractivity contribution in [1.82, 2.24) is 10.3 Å². The molecule has 5 heteroatoms.